The minimum absolute atomic E-state index is 0.0164. The predicted molar refractivity (Wildman–Crippen MR) is 172 cm³/mol. The number of hydrogen-bond acceptors (Lipinski definition) is 5. The van der Waals surface area contributed by atoms with Gasteiger partial charge >= 0.3 is 6.18 Å². The van der Waals surface area contributed by atoms with E-state index in [0.29, 0.717) is 48.3 Å². The summed E-state index contributed by atoms with van der Waals surface area (Å²) >= 11 is 12.2. The summed E-state index contributed by atoms with van der Waals surface area (Å²) in [6, 6.07) is 20.5. The first kappa shape index (κ1) is 31.5. The smallest absolute Gasteiger partial charge is 0.370 e. The Morgan fingerprint density at radius 2 is 1.75 bits per heavy atom. The van der Waals surface area contributed by atoms with Crippen molar-refractivity contribution in [2.45, 2.75) is 19.6 Å². The van der Waals surface area contributed by atoms with Crippen LogP contribution in [0.15, 0.2) is 79.0 Å². The maximum absolute atomic E-state index is 13.7. The average Bonchev–Trinajstić information content (AvgIpc) is 3.00. The molecule has 0 unspecified atom stereocenters. The van der Waals surface area contributed by atoms with Crippen LogP contribution < -0.4 is 15.1 Å². The third-order valence-corrected chi connectivity index (χ3v) is 8.14. The number of benzene rings is 3. The summed E-state index contributed by atoms with van der Waals surface area (Å²) in [4.78, 5) is 23.7. The van der Waals surface area contributed by atoms with Crippen LogP contribution in [0.1, 0.15) is 28.4 Å². The Kier molecular flexibility index (Phi) is 9.56. The molecule has 1 aliphatic heterocycles. The van der Waals surface area contributed by atoms with E-state index in [0.717, 1.165) is 29.4 Å². The minimum Gasteiger partial charge on any atom is -0.370 e. The summed E-state index contributed by atoms with van der Waals surface area (Å²) in [5.74, 6) is 0.464. The van der Waals surface area contributed by atoms with E-state index < -0.39 is 11.7 Å². The molecule has 2 heterocycles. The first-order chi connectivity index (χ1) is 21.0. The van der Waals surface area contributed by atoms with Crippen molar-refractivity contribution in [1.29, 1.82) is 0 Å². The fourth-order valence-electron chi connectivity index (χ4n) is 5.32. The Hall–Kier alpha value is -3.95. The second-order valence-corrected chi connectivity index (χ2v) is 11.5. The first-order valence-corrected chi connectivity index (χ1v) is 15.0. The number of nitrogens with zero attached hydrogens (tertiary/aromatic N) is 4. The molecule has 0 aliphatic carbocycles. The Bertz CT molecular complexity index is 1650. The summed E-state index contributed by atoms with van der Waals surface area (Å²) in [5.41, 5.74) is 3.10. The quantitative estimate of drug-likeness (QED) is 0.200. The van der Waals surface area contributed by atoms with E-state index in [-0.39, 0.29) is 23.0 Å². The number of carbonyl (C=O) groups is 1. The number of likely N-dealkylation sites (N-methyl/N-ethyl adjacent to an activating group) is 2. The van der Waals surface area contributed by atoms with Crippen molar-refractivity contribution in [3.8, 4) is 11.1 Å². The van der Waals surface area contributed by atoms with E-state index in [9.17, 15) is 18.0 Å². The highest BCUT2D eigenvalue weighted by molar-refractivity contribution is 6.31. The van der Waals surface area contributed by atoms with Crippen molar-refractivity contribution in [2.75, 3.05) is 54.9 Å². The Balaban J connectivity index is 1.34. The molecule has 0 fully saturated rings. The van der Waals surface area contributed by atoms with Gasteiger partial charge in [-0.3, -0.25) is 4.79 Å². The summed E-state index contributed by atoms with van der Waals surface area (Å²) < 4.78 is 41.2. The van der Waals surface area contributed by atoms with Crippen molar-refractivity contribution in [1.82, 2.24) is 9.88 Å². The molecule has 4 aromatic rings. The number of pyridine rings is 1. The van der Waals surface area contributed by atoms with E-state index in [4.69, 9.17) is 23.2 Å². The number of aromatic nitrogens is 1. The zero-order valence-corrected chi connectivity index (χ0v) is 25.8. The van der Waals surface area contributed by atoms with Gasteiger partial charge in [0.1, 0.15) is 5.82 Å². The zero-order chi connectivity index (χ0) is 31.4. The van der Waals surface area contributed by atoms with Gasteiger partial charge in [-0.15, -0.1) is 0 Å². The van der Waals surface area contributed by atoms with Crippen molar-refractivity contribution < 1.29 is 18.0 Å². The van der Waals surface area contributed by atoms with E-state index >= 15 is 0 Å². The third kappa shape index (κ3) is 7.22. The van der Waals surface area contributed by atoms with Crippen molar-refractivity contribution in [3.63, 3.8) is 0 Å². The molecule has 230 valence electrons. The van der Waals surface area contributed by atoms with Crippen molar-refractivity contribution >= 4 is 46.3 Å². The molecule has 1 N–H and O–H groups in total. The van der Waals surface area contributed by atoms with Crippen LogP contribution in [-0.4, -0.2) is 55.6 Å². The van der Waals surface area contributed by atoms with Crippen molar-refractivity contribution in [3.05, 3.63) is 106 Å². The van der Waals surface area contributed by atoms with Crippen molar-refractivity contribution in [2.24, 2.45) is 0 Å². The van der Waals surface area contributed by atoms with Gasteiger partial charge in [0.15, 0.2) is 0 Å². The lowest BCUT2D eigenvalue weighted by molar-refractivity contribution is -0.138. The highest BCUT2D eigenvalue weighted by Gasteiger charge is 2.34. The Morgan fingerprint density at radius 1 is 0.977 bits per heavy atom. The fourth-order valence-corrected chi connectivity index (χ4v) is 5.70. The van der Waals surface area contributed by atoms with E-state index in [2.05, 4.69) is 22.1 Å². The van der Waals surface area contributed by atoms with Gasteiger partial charge in [-0.2, -0.15) is 13.2 Å². The largest absolute Gasteiger partial charge is 0.416 e. The zero-order valence-electron chi connectivity index (χ0n) is 24.3. The number of rotatable bonds is 9. The van der Waals surface area contributed by atoms with Gasteiger partial charge in [0.25, 0.3) is 5.91 Å². The van der Waals surface area contributed by atoms with E-state index in [1.54, 1.807) is 24.2 Å². The fraction of sp³-hybridized carbons (Fsp3) is 0.273. The number of anilines is 3. The van der Waals surface area contributed by atoms with Crippen LogP contribution in [0.2, 0.25) is 10.0 Å². The van der Waals surface area contributed by atoms with Crippen LogP contribution in [0.4, 0.5) is 30.4 Å². The molecule has 0 bridgehead atoms. The molecule has 1 amide bonds. The summed E-state index contributed by atoms with van der Waals surface area (Å²) in [5, 5.41) is 4.13. The maximum Gasteiger partial charge on any atom is 0.416 e. The molecular weight excluding hydrogens is 610 g/mol. The van der Waals surface area contributed by atoms with Crippen LogP contribution in [0.5, 0.6) is 0 Å². The molecule has 1 aliphatic rings. The first-order valence-electron chi connectivity index (χ1n) is 14.2. The summed E-state index contributed by atoms with van der Waals surface area (Å²) in [6.07, 6.45) is -2.80. The molecule has 0 saturated carbocycles. The van der Waals surface area contributed by atoms with E-state index in [1.165, 1.54) is 12.1 Å². The summed E-state index contributed by atoms with van der Waals surface area (Å²) in [6.45, 7) is 5.00. The maximum atomic E-state index is 13.7. The van der Waals surface area contributed by atoms with Gasteiger partial charge in [-0.25, -0.2) is 4.98 Å². The van der Waals surface area contributed by atoms with Gasteiger partial charge in [-0.05, 0) is 72.6 Å². The lowest BCUT2D eigenvalue weighted by atomic mass is 10.0. The molecule has 0 radical (unpaired) electrons. The highest BCUT2D eigenvalue weighted by atomic mass is 35.5. The molecule has 0 atom stereocenters. The second kappa shape index (κ2) is 13.4. The second-order valence-electron chi connectivity index (χ2n) is 10.6. The SMILES string of the molecule is CCN(CCN(C)C(=O)c1cccc(-c2cnc3c(c2)N(Cc2cc(Cl)ccc2C(F)(F)F)CCN3)c1)c1cccc(Cl)c1. The molecular formula is C33H32Cl2F3N5O. The van der Waals surface area contributed by atoms with Gasteiger partial charge in [-0.1, -0.05) is 41.4 Å². The van der Waals surface area contributed by atoms with Crippen LogP contribution in [0.25, 0.3) is 11.1 Å². The number of hydrogen-bond donors (Lipinski definition) is 1. The Morgan fingerprint density at radius 3 is 2.50 bits per heavy atom. The lowest BCUT2D eigenvalue weighted by Gasteiger charge is -2.32. The monoisotopic (exact) mass is 641 g/mol. The molecule has 6 nitrogen and oxygen atoms in total. The molecule has 1 aromatic heterocycles. The molecule has 11 heteroatoms. The van der Waals surface area contributed by atoms with Gasteiger partial charge in [0, 0.05) is 79.4 Å². The number of alkyl halides is 3. The number of fused-ring (bicyclic) bond motifs is 1. The molecule has 44 heavy (non-hydrogen) atoms. The number of halogens is 5. The van der Waals surface area contributed by atoms with Crippen LogP contribution >= 0.6 is 23.2 Å². The predicted octanol–water partition coefficient (Wildman–Crippen LogP) is 8.10. The number of amides is 1. The summed E-state index contributed by atoms with van der Waals surface area (Å²) in [7, 11) is 1.77. The number of carbonyl (C=O) groups excluding carboxylic acids is 1. The topological polar surface area (TPSA) is 51.7 Å². The standard InChI is InChI=1S/C33H32Cl2F3N5O/c1-3-42(28-9-5-8-26(34)19-28)15-14-41(2)32(44)23-7-4-6-22(16-23)24-18-30-31(40-20-24)39-12-13-43(30)21-25-17-27(35)10-11-29(25)33(36,37)38/h4-11,16-20H,3,12-15,21H2,1-2H3,(H,39,40). The van der Waals surface area contributed by atoms with Gasteiger partial charge in [0.05, 0.1) is 11.3 Å². The normalized spacial score (nSPS) is 12.8. The highest BCUT2D eigenvalue weighted by Crippen LogP contribution is 2.37. The van der Waals surface area contributed by atoms with E-state index in [1.807, 2.05) is 53.4 Å². The minimum atomic E-state index is -4.50. The van der Waals surface area contributed by atoms with Gasteiger partial charge < -0.3 is 20.0 Å². The molecule has 3 aromatic carbocycles. The number of nitrogens with one attached hydrogen (secondary N) is 1. The van der Waals surface area contributed by atoms with Gasteiger partial charge in [0.2, 0.25) is 0 Å². The van der Waals surface area contributed by atoms with Crippen LogP contribution in [0.3, 0.4) is 0 Å². The third-order valence-electron chi connectivity index (χ3n) is 7.67. The average molecular weight is 643 g/mol. The molecule has 0 saturated heterocycles. The lowest BCUT2D eigenvalue weighted by Crippen LogP contribution is -2.36. The Labute approximate surface area is 265 Å². The van der Waals surface area contributed by atoms with Crippen LogP contribution in [-0.2, 0) is 12.7 Å². The van der Waals surface area contributed by atoms with Crippen LogP contribution in [0, 0.1) is 0 Å². The molecule has 5 rings (SSSR count). The molecule has 0 spiro atoms.